The smallest absolute Gasteiger partial charge is 0.208 e. The van der Waals surface area contributed by atoms with Gasteiger partial charge in [-0.2, -0.15) is 0 Å². The molecule has 1 atom stereocenters. The summed E-state index contributed by atoms with van der Waals surface area (Å²) in [6, 6.07) is 0.0980. The van der Waals surface area contributed by atoms with E-state index in [4.69, 9.17) is 4.74 Å². The van der Waals surface area contributed by atoms with Gasteiger partial charge < -0.3 is 9.30 Å². The number of hydrogen-bond donors (Lipinski definition) is 1. The molecular weight excluding hydrogens is 304 g/mol. The zero-order valence-corrected chi connectivity index (χ0v) is 13.8. The van der Waals surface area contributed by atoms with Crippen molar-refractivity contribution in [2.75, 3.05) is 39.1 Å². The minimum absolute atomic E-state index is 0.0980. The Labute approximate surface area is 131 Å². The summed E-state index contributed by atoms with van der Waals surface area (Å²) in [4.78, 5) is 6.64. The number of fused-ring (bicyclic) bond motifs is 1. The van der Waals surface area contributed by atoms with Crippen LogP contribution in [0.25, 0.3) is 0 Å². The van der Waals surface area contributed by atoms with Crippen LogP contribution in [0.5, 0.6) is 0 Å². The Morgan fingerprint density at radius 3 is 2.91 bits per heavy atom. The van der Waals surface area contributed by atoms with E-state index in [1.54, 1.807) is 6.33 Å². The molecule has 124 valence electrons. The van der Waals surface area contributed by atoms with Crippen LogP contribution in [0.3, 0.4) is 0 Å². The zero-order valence-electron chi connectivity index (χ0n) is 12.9. The molecule has 0 unspecified atom stereocenters. The largest absolute Gasteiger partial charge is 0.381 e. The van der Waals surface area contributed by atoms with Crippen LogP contribution in [0.15, 0.2) is 12.5 Å². The number of rotatable bonds is 5. The van der Waals surface area contributed by atoms with Gasteiger partial charge in [-0.3, -0.25) is 4.90 Å². The van der Waals surface area contributed by atoms with Crippen molar-refractivity contribution in [3.05, 3.63) is 18.2 Å². The minimum Gasteiger partial charge on any atom is -0.381 e. The lowest BCUT2D eigenvalue weighted by molar-refractivity contribution is 0.0458. The van der Waals surface area contributed by atoms with Gasteiger partial charge in [-0.05, 0) is 18.8 Å². The molecule has 0 radical (unpaired) electrons. The molecule has 2 aliphatic rings. The van der Waals surface area contributed by atoms with Gasteiger partial charge in [0.15, 0.2) is 0 Å². The van der Waals surface area contributed by atoms with E-state index < -0.39 is 10.0 Å². The summed E-state index contributed by atoms with van der Waals surface area (Å²) in [6.07, 6.45) is 7.10. The molecule has 1 fully saturated rings. The summed E-state index contributed by atoms with van der Waals surface area (Å²) in [5.74, 6) is 0.673. The van der Waals surface area contributed by atoms with Crippen LogP contribution in [-0.2, 0) is 21.3 Å². The maximum atomic E-state index is 11.4. The average molecular weight is 328 g/mol. The van der Waals surface area contributed by atoms with Crippen molar-refractivity contribution < 1.29 is 13.2 Å². The first-order valence-corrected chi connectivity index (χ1v) is 9.66. The number of nitrogens with zero attached hydrogens (tertiary/aromatic N) is 3. The van der Waals surface area contributed by atoms with Gasteiger partial charge in [0.05, 0.1) is 24.3 Å². The standard InChI is InChI=1S/C14H24N4O3S/c1-22(19,20)16-7-14-10-17(8-12-2-4-21-5-3-12)9-13-6-15-11-18(13)14/h6,11-12,14,16H,2-5,7-10H2,1H3/t14-/m0/s1. The number of nitrogens with one attached hydrogen (secondary N) is 1. The lowest BCUT2D eigenvalue weighted by atomic mass is 9.99. The third-order valence-electron chi connectivity index (χ3n) is 4.43. The highest BCUT2D eigenvalue weighted by molar-refractivity contribution is 7.88. The molecule has 2 aliphatic heterocycles. The molecule has 0 aliphatic carbocycles. The van der Waals surface area contributed by atoms with Crippen molar-refractivity contribution in [2.24, 2.45) is 5.92 Å². The molecule has 8 heteroatoms. The first-order chi connectivity index (χ1) is 10.5. The van der Waals surface area contributed by atoms with Crippen LogP contribution >= 0.6 is 0 Å². The van der Waals surface area contributed by atoms with Crippen LogP contribution in [0, 0.1) is 5.92 Å². The summed E-state index contributed by atoms with van der Waals surface area (Å²) in [7, 11) is -3.17. The molecule has 1 aromatic heterocycles. The fourth-order valence-electron chi connectivity index (χ4n) is 3.31. The maximum Gasteiger partial charge on any atom is 0.208 e. The molecule has 0 spiro atoms. The SMILES string of the molecule is CS(=O)(=O)NC[C@H]1CN(CC2CCOCC2)Cc2cncn21. The molecule has 1 saturated heterocycles. The van der Waals surface area contributed by atoms with Gasteiger partial charge >= 0.3 is 0 Å². The van der Waals surface area contributed by atoms with E-state index in [0.29, 0.717) is 12.5 Å². The Kier molecular flexibility index (Phi) is 4.82. The summed E-state index contributed by atoms with van der Waals surface area (Å²) in [6.45, 7) is 4.90. The monoisotopic (exact) mass is 328 g/mol. The van der Waals surface area contributed by atoms with E-state index in [9.17, 15) is 8.42 Å². The second-order valence-electron chi connectivity index (χ2n) is 6.32. The maximum absolute atomic E-state index is 11.4. The van der Waals surface area contributed by atoms with Crippen molar-refractivity contribution in [3.8, 4) is 0 Å². The molecule has 3 heterocycles. The highest BCUT2D eigenvalue weighted by atomic mass is 32.2. The topological polar surface area (TPSA) is 76.5 Å². The zero-order chi connectivity index (χ0) is 15.6. The Hall–Kier alpha value is -0.960. The van der Waals surface area contributed by atoms with Crippen LogP contribution in [0.1, 0.15) is 24.6 Å². The molecule has 7 nitrogen and oxygen atoms in total. The first-order valence-electron chi connectivity index (χ1n) is 7.77. The van der Waals surface area contributed by atoms with E-state index in [-0.39, 0.29) is 6.04 Å². The molecule has 1 N–H and O–H groups in total. The van der Waals surface area contributed by atoms with Gasteiger partial charge in [-0.1, -0.05) is 0 Å². The third-order valence-corrected chi connectivity index (χ3v) is 5.12. The summed E-state index contributed by atoms with van der Waals surface area (Å²) in [5.41, 5.74) is 1.15. The van der Waals surface area contributed by atoms with Crippen molar-refractivity contribution in [1.29, 1.82) is 0 Å². The van der Waals surface area contributed by atoms with E-state index in [2.05, 4.69) is 19.2 Å². The quantitative estimate of drug-likeness (QED) is 0.836. The fourth-order valence-corrected chi connectivity index (χ4v) is 3.80. The number of imidazole rings is 1. The van der Waals surface area contributed by atoms with Crippen LogP contribution < -0.4 is 4.72 Å². The van der Waals surface area contributed by atoms with Gasteiger partial charge in [0.2, 0.25) is 10.0 Å². The van der Waals surface area contributed by atoms with E-state index in [1.807, 2.05) is 6.20 Å². The molecule has 3 rings (SSSR count). The highest BCUT2D eigenvalue weighted by Gasteiger charge is 2.27. The number of sulfonamides is 1. The van der Waals surface area contributed by atoms with Gasteiger partial charge in [0.25, 0.3) is 0 Å². The van der Waals surface area contributed by atoms with Crippen molar-refractivity contribution in [3.63, 3.8) is 0 Å². The normalized spacial score (nSPS) is 24.3. The van der Waals surface area contributed by atoms with Crippen molar-refractivity contribution in [1.82, 2.24) is 19.2 Å². The summed E-state index contributed by atoms with van der Waals surface area (Å²) < 4.78 is 32.9. The van der Waals surface area contributed by atoms with Gasteiger partial charge in [-0.15, -0.1) is 0 Å². The Morgan fingerprint density at radius 2 is 2.18 bits per heavy atom. The number of hydrogen-bond acceptors (Lipinski definition) is 5. The molecule has 0 aromatic carbocycles. The average Bonchev–Trinajstić information content (AvgIpc) is 2.93. The van der Waals surface area contributed by atoms with Crippen LogP contribution in [-0.4, -0.2) is 62.0 Å². The minimum atomic E-state index is -3.17. The van der Waals surface area contributed by atoms with Crippen LogP contribution in [0.2, 0.25) is 0 Å². The second kappa shape index (κ2) is 6.66. The lowest BCUT2D eigenvalue weighted by Gasteiger charge is -2.37. The van der Waals surface area contributed by atoms with Gasteiger partial charge in [0, 0.05) is 45.6 Å². The molecule has 0 bridgehead atoms. The van der Waals surface area contributed by atoms with Gasteiger partial charge in [0.1, 0.15) is 0 Å². The van der Waals surface area contributed by atoms with E-state index in [0.717, 1.165) is 51.4 Å². The Bertz CT molecular complexity index is 595. The van der Waals surface area contributed by atoms with E-state index in [1.165, 1.54) is 6.26 Å². The number of ether oxygens (including phenoxy) is 1. The lowest BCUT2D eigenvalue weighted by Crippen LogP contribution is -2.44. The van der Waals surface area contributed by atoms with Crippen molar-refractivity contribution >= 4 is 10.0 Å². The molecule has 0 saturated carbocycles. The first kappa shape index (κ1) is 15.9. The predicted octanol–water partition coefficient (Wildman–Crippen LogP) is 0.216. The Morgan fingerprint density at radius 1 is 1.41 bits per heavy atom. The van der Waals surface area contributed by atoms with Crippen molar-refractivity contribution in [2.45, 2.75) is 25.4 Å². The predicted molar refractivity (Wildman–Crippen MR) is 82.9 cm³/mol. The van der Waals surface area contributed by atoms with Gasteiger partial charge in [-0.25, -0.2) is 18.1 Å². The van der Waals surface area contributed by atoms with Crippen LogP contribution in [0.4, 0.5) is 0 Å². The van der Waals surface area contributed by atoms with E-state index >= 15 is 0 Å². The fraction of sp³-hybridized carbons (Fsp3) is 0.786. The molecular formula is C14H24N4O3S. The third kappa shape index (κ3) is 4.07. The summed E-state index contributed by atoms with van der Waals surface area (Å²) >= 11 is 0. The number of aromatic nitrogens is 2. The molecule has 1 aromatic rings. The summed E-state index contributed by atoms with van der Waals surface area (Å²) in [5, 5.41) is 0. The molecule has 0 amide bonds. The second-order valence-corrected chi connectivity index (χ2v) is 8.15. The molecule has 22 heavy (non-hydrogen) atoms. The highest BCUT2D eigenvalue weighted by Crippen LogP contribution is 2.24. The Balaban J connectivity index is 1.65.